The van der Waals surface area contributed by atoms with Gasteiger partial charge in [0.05, 0.1) is 17.3 Å². The first-order valence-electron chi connectivity index (χ1n) is 12.5. The molecule has 182 valence electrons. The summed E-state index contributed by atoms with van der Waals surface area (Å²) >= 11 is 0. The van der Waals surface area contributed by atoms with Crippen molar-refractivity contribution in [2.45, 2.75) is 76.5 Å². The Hall–Kier alpha value is -2.47. The topological polar surface area (TPSA) is 76.0 Å². The van der Waals surface area contributed by atoms with Crippen LogP contribution in [0.1, 0.15) is 62.7 Å². The van der Waals surface area contributed by atoms with Crippen LogP contribution in [-0.4, -0.2) is 40.3 Å². The molecule has 2 aliphatic rings. The van der Waals surface area contributed by atoms with Gasteiger partial charge in [-0.3, -0.25) is 0 Å². The fraction of sp³-hybridized carbons (Fsp3) is 0.483. The minimum atomic E-state index is -0.910. The molecular formula is C29H36O5. The minimum Gasteiger partial charge on any atom is -0.458 e. The fourth-order valence-electron chi connectivity index (χ4n) is 5.20. The second-order valence-corrected chi connectivity index (χ2v) is 9.90. The van der Waals surface area contributed by atoms with Crippen LogP contribution >= 0.6 is 0 Å². The van der Waals surface area contributed by atoms with Gasteiger partial charge in [-0.2, -0.15) is 0 Å². The molecule has 0 amide bonds. The third-order valence-corrected chi connectivity index (χ3v) is 7.12. The van der Waals surface area contributed by atoms with Crippen molar-refractivity contribution in [2.75, 3.05) is 0 Å². The number of aliphatic hydroxyl groups excluding tert-OH is 1. The molecule has 2 fully saturated rings. The van der Waals surface area contributed by atoms with Crippen LogP contribution < -0.4 is 0 Å². The Kier molecular flexibility index (Phi) is 7.87. The van der Waals surface area contributed by atoms with Gasteiger partial charge in [0, 0.05) is 18.8 Å². The van der Waals surface area contributed by atoms with Crippen LogP contribution in [0.25, 0.3) is 11.1 Å². The number of hydrogen-bond donors (Lipinski definition) is 2. The number of hydrogen-bond acceptors (Lipinski definition) is 5. The SMILES string of the molecule is CCCCCC(C)(O)/C=C/[C@@H]1[C@H]2CC(O)O[C@H]2C[C@H]1OC(=O)c1ccc(-c2ccccc2)cc1. The van der Waals surface area contributed by atoms with Crippen molar-refractivity contribution in [1.29, 1.82) is 0 Å². The number of unbranched alkanes of at least 4 members (excludes halogenated alkanes) is 2. The van der Waals surface area contributed by atoms with Crippen LogP contribution in [-0.2, 0) is 9.47 Å². The average Bonchev–Trinajstić information content (AvgIpc) is 3.33. The monoisotopic (exact) mass is 464 g/mol. The molecule has 34 heavy (non-hydrogen) atoms. The van der Waals surface area contributed by atoms with E-state index in [-0.39, 0.29) is 30.0 Å². The van der Waals surface area contributed by atoms with Crippen LogP contribution in [0.5, 0.6) is 0 Å². The lowest BCUT2D eigenvalue weighted by molar-refractivity contribution is -0.0955. The van der Waals surface area contributed by atoms with E-state index in [1.54, 1.807) is 12.1 Å². The molecule has 5 heteroatoms. The molecule has 2 aromatic rings. The first kappa shape index (κ1) is 24.6. The number of carbonyl (C=O) groups excluding carboxylic acids is 1. The summed E-state index contributed by atoms with van der Waals surface area (Å²) in [5.41, 5.74) is 1.73. The molecule has 2 N–H and O–H groups in total. The standard InChI is InChI=1S/C29H36O5/c1-3-4-8-16-29(2,32)17-15-23-24-18-27(30)33-26(24)19-25(23)34-28(31)22-13-11-21(12-14-22)20-9-6-5-7-10-20/h5-7,9-15,17,23-27,30,32H,3-4,8,16,18-19H2,1-2H3/b17-15+/t23-,24-,25-,26+,27?,29?/m1/s1. The molecule has 2 aromatic carbocycles. The van der Waals surface area contributed by atoms with Gasteiger partial charge < -0.3 is 19.7 Å². The molecule has 0 aromatic heterocycles. The van der Waals surface area contributed by atoms with Gasteiger partial charge in [-0.05, 0) is 42.5 Å². The van der Waals surface area contributed by atoms with Crippen LogP contribution in [0.4, 0.5) is 0 Å². The van der Waals surface area contributed by atoms with Gasteiger partial charge in [0.15, 0.2) is 6.29 Å². The summed E-state index contributed by atoms with van der Waals surface area (Å²) in [5.74, 6) is -0.401. The fourth-order valence-corrected chi connectivity index (χ4v) is 5.20. The summed E-state index contributed by atoms with van der Waals surface area (Å²) in [6, 6.07) is 17.5. The molecule has 1 heterocycles. The van der Waals surface area contributed by atoms with Gasteiger partial charge in [0.1, 0.15) is 6.10 Å². The molecular weight excluding hydrogens is 428 g/mol. The highest BCUT2D eigenvalue weighted by Gasteiger charge is 2.50. The molecule has 5 nitrogen and oxygen atoms in total. The second-order valence-electron chi connectivity index (χ2n) is 9.90. The van der Waals surface area contributed by atoms with E-state index in [1.165, 1.54) is 0 Å². The van der Waals surface area contributed by atoms with Crippen molar-refractivity contribution in [3.63, 3.8) is 0 Å². The summed E-state index contributed by atoms with van der Waals surface area (Å²) in [5, 5.41) is 20.8. The van der Waals surface area contributed by atoms with E-state index in [0.29, 0.717) is 24.8 Å². The summed E-state index contributed by atoms with van der Waals surface area (Å²) in [6.45, 7) is 3.96. The lowest BCUT2D eigenvalue weighted by atomic mass is 9.89. The van der Waals surface area contributed by atoms with E-state index in [9.17, 15) is 15.0 Å². The third kappa shape index (κ3) is 5.96. The Morgan fingerprint density at radius 1 is 1.09 bits per heavy atom. The predicted octanol–water partition coefficient (Wildman–Crippen LogP) is 5.51. The molecule has 1 saturated heterocycles. The lowest BCUT2D eigenvalue weighted by Crippen LogP contribution is -2.27. The van der Waals surface area contributed by atoms with Gasteiger partial charge in [0.25, 0.3) is 0 Å². The van der Waals surface area contributed by atoms with Crippen molar-refractivity contribution < 1.29 is 24.5 Å². The zero-order valence-electron chi connectivity index (χ0n) is 20.1. The summed E-state index contributed by atoms with van der Waals surface area (Å²) in [7, 11) is 0. The van der Waals surface area contributed by atoms with Gasteiger partial charge in [0.2, 0.25) is 0 Å². The first-order valence-corrected chi connectivity index (χ1v) is 12.5. The maximum atomic E-state index is 13.0. The first-order chi connectivity index (χ1) is 16.4. The highest BCUT2D eigenvalue weighted by atomic mass is 16.6. The van der Waals surface area contributed by atoms with E-state index < -0.39 is 11.9 Å². The van der Waals surface area contributed by atoms with Crippen molar-refractivity contribution in [3.8, 4) is 11.1 Å². The van der Waals surface area contributed by atoms with Gasteiger partial charge >= 0.3 is 5.97 Å². The number of esters is 1. The minimum absolute atomic E-state index is 0.0657. The molecule has 0 spiro atoms. The highest BCUT2D eigenvalue weighted by molar-refractivity contribution is 5.90. The lowest BCUT2D eigenvalue weighted by Gasteiger charge is -2.24. The summed E-state index contributed by atoms with van der Waals surface area (Å²) < 4.78 is 11.6. The largest absolute Gasteiger partial charge is 0.458 e. The van der Waals surface area contributed by atoms with E-state index in [4.69, 9.17) is 9.47 Å². The smallest absolute Gasteiger partial charge is 0.338 e. The predicted molar refractivity (Wildman–Crippen MR) is 132 cm³/mol. The van der Waals surface area contributed by atoms with E-state index >= 15 is 0 Å². The van der Waals surface area contributed by atoms with E-state index in [2.05, 4.69) is 6.92 Å². The van der Waals surface area contributed by atoms with E-state index in [1.807, 2.05) is 61.5 Å². The molecule has 2 unspecified atom stereocenters. The van der Waals surface area contributed by atoms with E-state index in [0.717, 1.165) is 30.4 Å². The third-order valence-electron chi connectivity index (χ3n) is 7.12. The number of benzene rings is 2. The van der Waals surface area contributed by atoms with Crippen LogP contribution in [0.2, 0.25) is 0 Å². The maximum absolute atomic E-state index is 13.0. The molecule has 1 saturated carbocycles. The number of rotatable bonds is 9. The van der Waals surface area contributed by atoms with Crippen LogP contribution in [0.15, 0.2) is 66.7 Å². The van der Waals surface area contributed by atoms with Gasteiger partial charge in [-0.15, -0.1) is 0 Å². The number of aliphatic hydroxyl groups is 2. The summed E-state index contributed by atoms with van der Waals surface area (Å²) in [4.78, 5) is 13.0. The normalized spacial score (nSPS) is 28.1. The Morgan fingerprint density at radius 2 is 1.79 bits per heavy atom. The Labute approximate surface area is 202 Å². The van der Waals surface area contributed by atoms with Crippen molar-refractivity contribution >= 4 is 5.97 Å². The molecule has 4 rings (SSSR count). The zero-order chi connectivity index (χ0) is 24.1. The zero-order valence-corrected chi connectivity index (χ0v) is 20.1. The number of ether oxygens (including phenoxy) is 2. The number of fused-ring (bicyclic) bond motifs is 1. The van der Waals surface area contributed by atoms with Crippen molar-refractivity contribution in [3.05, 3.63) is 72.3 Å². The van der Waals surface area contributed by atoms with Crippen LogP contribution in [0.3, 0.4) is 0 Å². The van der Waals surface area contributed by atoms with Crippen molar-refractivity contribution in [2.24, 2.45) is 11.8 Å². The quantitative estimate of drug-likeness (QED) is 0.291. The highest BCUT2D eigenvalue weighted by Crippen LogP contribution is 2.45. The van der Waals surface area contributed by atoms with Crippen LogP contribution in [0, 0.1) is 11.8 Å². The Morgan fingerprint density at radius 3 is 2.50 bits per heavy atom. The Bertz CT molecular complexity index is 966. The molecule has 0 bridgehead atoms. The molecule has 1 aliphatic heterocycles. The molecule has 0 radical (unpaired) electrons. The van der Waals surface area contributed by atoms with Gasteiger partial charge in [-0.25, -0.2) is 4.79 Å². The second kappa shape index (κ2) is 10.9. The number of carbonyl (C=O) groups is 1. The average molecular weight is 465 g/mol. The Balaban J connectivity index is 1.45. The molecule has 6 atom stereocenters. The summed E-state index contributed by atoms with van der Waals surface area (Å²) in [6.07, 6.45) is 7.44. The van der Waals surface area contributed by atoms with Crippen molar-refractivity contribution in [1.82, 2.24) is 0 Å². The molecule has 1 aliphatic carbocycles. The maximum Gasteiger partial charge on any atom is 0.338 e. The van der Waals surface area contributed by atoms with Gasteiger partial charge in [-0.1, -0.05) is 80.8 Å².